The summed E-state index contributed by atoms with van der Waals surface area (Å²) in [6.45, 7) is 3.58. The molecule has 3 aromatic rings. The SMILES string of the molecule is Cc1ccc(C)c(Cc2nc(COC(=O)CCCCCO[N+](=O)[O-])nn2-c2ccc(S(N)(=O)=O)cc2F)c1. The predicted molar refractivity (Wildman–Crippen MR) is 133 cm³/mol. The van der Waals surface area contributed by atoms with Crippen LogP contribution < -0.4 is 5.14 Å². The second-order valence-electron chi connectivity index (χ2n) is 8.65. The van der Waals surface area contributed by atoms with Crippen molar-refractivity contribution in [2.45, 2.75) is 57.5 Å². The average molecular weight is 550 g/mol. The maximum atomic E-state index is 15.0. The van der Waals surface area contributed by atoms with Gasteiger partial charge in [0.1, 0.15) is 17.3 Å². The van der Waals surface area contributed by atoms with E-state index in [4.69, 9.17) is 9.88 Å². The fourth-order valence-electron chi connectivity index (χ4n) is 3.66. The van der Waals surface area contributed by atoms with E-state index in [1.807, 2.05) is 32.0 Å². The molecule has 1 heterocycles. The molecule has 0 bridgehead atoms. The van der Waals surface area contributed by atoms with Crippen LogP contribution in [0.25, 0.3) is 5.69 Å². The van der Waals surface area contributed by atoms with Crippen molar-refractivity contribution in [2.24, 2.45) is 5.14 Å². The number of esters is 1. The number of aromatic nitrogens is 3. The Morgan fingerprint density at radius 3 is 2.61 bits per heavy atom. The molecule has 0 aliphatic rings. The Bertz CT molecular complexity index is 1430. The first-order chi connectivity index (χ1) is 17.9. The Hall–Kier alpha value is -3.91. The van der Waals surface area contributed by atoms with Crippen LogP contribution in [0.4, 0.5) is 4.39 Å². The Morgan fingerprint density at radius 2 is 1.92 bits per heavy atom. The first-order valence-electron chi connectivity index (χ1n) is 11.7. The number of nitrogens with two attached hydrogens (primary N) is 1. The number of carbonyl (C=O) groups excluding carboxylic acids is 1. The summed E-state index contributed by atoms with van der Waals surface area (Å²) in [5, 5.41) is 18.7. The fraction of sp³-hybridized carbons (Fsp3) is 0.375. The molecule has 0 aliphatic carbocycles. The van der Waals surface area contributed by atoms with E-state index in [1.165, 1.54) is 16.8 Å². The first kappa shape index (κ1) is 28.7. The van der Waals surface area contributed by atoms with Gasteiger partial charge in [-0.1, -0.05) is 30.2 Å². The molecule has 0 unspecified atom stereocenters. The number of ether oxygens (including phenoxy) is 1. The lowest BCUT2D eigenvalue weighted by atomic mass is 10.0. The van der Waals surface area contributed by atoms with Gasteiger partial charge in [-0.25, -0.2) is 27.6 Å². The van der Waals surface area contributed by atoms with Crippen molar-refractivity contribution in [3.8, 4) is 5.69 Å². The highest BCUT2D eigenvalue weighted by molar-refractivity contribution is 7.89. The van der Waals surface area contributed by atoms with Gasteiger partial charge >= 0.3 is 5.97 Å². The number of benzene rings is 2. The van der Waals surface area contributed by atoms with Gasteiger partial charge < -0.3 is 9.57 Å². The maximum Gasteiger partial charge on any atom is 0.306 e. The zero-order valence-corrected chi connectivity index (χ0v) is 21.7. The largest absolute Gasteiger partial charge is 0.457 e. The van der Waals surface area contributed by atoms with Crippen LogP contribution >= 0.6 is 0 Å². The molecule has 2 N–H and O–H groups in total. The van der Waals surface area contributed by atoms with Crippen molar-refractivity contribution in [1.29, 1.82) is 0 Å². The number of rotatable bonds is 13. The molecule has 12 nitrogen and oxygen atoms in total. The van der Waals surface area contributed by atoms with Crippen molar-refractivity contribution in [2.75, 3.05) is 6.61 Å². The topological polar surface area (TPSA) is 170 Å². The van der Waals surface area contributed by atoms with Gasteiger partial charge in [0, 0.05) is 12.8 Å². The van der Waals surface area contributed by atoms with Gasteiger partial charge in [0.05, 0.1) is 11.5 Å². The lowest BCUT2D eigenvalue weighted by Gasteiger charge is -2.10. The van der Waals surface area contributed by atoms with E-state index >= 15 is 0 Å². The lowest BCUT2D eigenvalue weighted by Crippen LogP contribution is -2.13. The number of unbranched alkanes of at least 4 members (excludes halogenated alkanes) is 2. The summed E-state index contributed by atoms with van der Waals surface area (Å²) in [5.74, 6) is -0.879. The van der Waals surface area contributed by atoms with E-state index < -0.39 is 26.9 Å². The van der Waals surface area contributed by atoms with Crippen molar-refractivity contribution < 1.29 is 32.3 Å². The molecule has 0 aliphatic heterocycles. The van der Waals surface area contributed by atoms with Crippen LogP contribution in [0, 0.1) is 29.8 Å². The van der Waals surface area contributed by atoms with Gasteiger partial charge in [0.15, 0.2) is 12.4 Å². The molecule has 2 aromatic carbocycles. The fourth-order valence-corrected chi connectivity index (χ4v) is 4.19. The predicted octanol–water partition coefficient (Wildman–Crippen LogP) is 3.07. The standard InChI is InChI=1S/C24H28FN5O7S/c1-16-7-8-17(2)18(12-16)13-23-27-22(15-36-24(31)6-4-3-5-11-37-30(32)33)28-29(23)21-10-9-19(14-20(21)25)38(26,34)35/h7-10,12,14H,3-6,11,13,15H2,1-2H3,(H2,26,34,35). The van der Waals surface area contributed by atoms with Crippen LogP contribution in [-0.4, -0.2) is 40.8 Å². The molecular weight excluding hydrogens is 521 g/mol. The third-order valence-corrected chi connectivity index (χ3v) is 6.54. The van der Waals surface area contributed by atoms with Gasteiger partial charge in [-0.3, -0.25) is 4.79 Å². The first-order valence-corrected chi connectivity index (χ1v) is 13.3. The summed E-state index contributed by atoms with van der Waals surface area (Å²) < 4.78 is 44.7. The number of hydrogen-bond acceptors (Lipinski definition) is 9. The van der Waals surface area contributed by atoms with E-state index in [0.29, 0.717) is 25.1 Å². The number of hydrogen-bond donors (Lipinski definition) is 1. The van der Waals surface area contributed by atoms with Crippen LogP contribution in [0.5, 0.6) is 0 Å². The molecule has 0 atom stereocenters. The summed E-state index contributed by atoms with van der Waals surface area (Å²) in [6.07, 6.45) is 1.82. The van der Waals surface area contributed by atoms with Gasteiger partial charge in [-0.05, 0) is 56.0 Å². The highest BCUT2D eigenvalue weighted by Crippen LogP contribution is 2.22. The summed E-state index contributed by atoms with van der Waals surface area (Å²) in [7, 11) is -4.10. The molecule has 14 heteroatoms. The summed E-state index contributed by atoms with van der Waals surface area (Å²) in [5.41, 5.74) is 2.91. The molecule has 38 heavy (non-hydrogen) atoms. The minimum Gasteiger partial charge on any atom is -0.457 e. The molecule has 1 aromatic heterocycles. The summed E-state index contributed by atoms with van der Waals surface area (Å²) in [6, 6.07) is 9.13. The van der Waals surface area contributed by atoms with Gasteiger partial charge in [-0.15, -0.1) is 15.2 Å². The van der Waals surface area contributed by atoms with Gasteiger partial charge in [0.25, 0.3) is 5.09 Å². The highest BCUT2D eigenvalue weighted by atomic mass is 32.2. The van der Waals surface area contributed by atoms with Crippen LogP contribution in [0.2, 0.25) is 0 Å². The molecule has 0 fully saturated rings. The molecule has 204 valence electrons. The molecule has 0 saturated carbocycles. The number of primary sulfonamides is 1. The zero-order chi connectivity index (χ0) is 27.9. The minimum absolute atomic E-state index is 0.0403. The molecule has 3 rings (SSSR count). The third kappa shape index (κ3) is 8.05. The van der Waals surface area contributed by atoms with Crippen molar-refractivity contribution >= 4 is 16.0 Å². The smallest absolute Gasteiger partial charge is 0.306 e. The summed E-state index contributed by atoms with van der Waals surface area (Å²) in [4.78, 5) is 30.5. The van der Waals surface area contributed by atoms with Crippen molar-refractivity contribution in [1.82, 2.24) is 14.8 Å². The van der Waals surface area contributed by atoms with Gasteiger partial charge in [-0.2, -0.15) is 0 Å². The van der Waals surface area contributed by atoms with Crippen LogP contribution in [0.15, 0.2) is 41.3 Å². The maximum absolute atomic E-state index is 15.0. The lowest BCUT2D eigenvalue weighted by molar-refractivity contribution is -0.757. The highest BCUT2D eigenvalue weighted by Gasteiger charge is 2.19. The number of sulfonamides is 1. The van der Waals surface area contributed by atoms with Crippen LogP contribution in [0.3, 0.4) is 0 Å². The molecule has 0 saturated heterocycles. The Balaban J connectivity index is 1.77. The van der Waals surface area contributed by atoms with Crippen LogP contribution in [-0.2, 0) is 37.4 Å². The van der Waals surface area contributed by atoms with Crippen LogP contribution in [0.1, 0.15) is 54.0 Å². The second kappa shape index (κ2) is 12.6. The number of halogens is 1. The minimum atomic E-state index is -4.10. The number of carbonyl (C=O) groups is 1. The molecule has 0 radical (unpaired) electrons. The molecular formula is C24H28FN5O7S. The molecule has 0 spiro atoms. The van der Waals surface area contributed by atoms with Gasteiger partial charge in [0.2, 0.25) is 10.0 Å². The molecule has 0 amide bonds. The normalized spacial score (nSPS) is 11.4. The van der Waals surface area contributed by atoms with Crippen molar-refractivity contribution in [3.05, 3.63) is 80.7 Å². The van der Waals surface area contributed by atoms with E-state index in [0.717, 1.165) is 22.8 Å². The monoisotopic (exact) mass is 549 g/mol. The number of aryl methyl sites for hydroxylation is 2. The van der Waals surface area contributed by atoms with Crippen molar-refractivity contribution in [3.63, 3.8) is 0 Å². The number of nitrogens with zero attached hydrogens (tertiary/aromatic N) is 4. The third-order valence-electron chi connectivity index (χ3n) is 5.63. The Labute approximate surface area is 218 Å². The summed E-state index contributed by atoms with van der Waals surface area (Å²) >= 11 is 0. The van der Waals surface area contributed by atoms with E-state index in [1.54, 1.807) is 0 Å². The van der Waals surface area contributed by atoms with E-state index in [2.05, 4.69) is 14.9 Å². The average Bonchev–Trinajstić information content (AvgIpc) is 3.23. The van der Waals surface area contributed by atoms with E-state index in [-0.39, 0.29) is 42.5 Å². The zero-order valence-electron chi connectivity index (χ0n) is 20.9. The Kier molecular flexibility index (Phi) is 9.47. The Morgan fingerprint density at radius 1 is 1.16 bits per heavy atom. The van der Waals surface area contributed by atoms with E-state index in [9.17, 15) is 27.7 Å². The second-order valence-corrected chi connectivity index (χ2v) is 10.2. The quantitative estimate of drug-likeness (QED) is 0.146.